The van der Waals surface area contributed by atoms with Gasteiger partial charge in [0.15, 0.2) is 0 Å². The monoisotopic (exact) mass is 480 g/mol. The summed E-state index contributed by atoms with van der Waals surface area (Å²) in [5.74, 6) is 0.280. The Kier molecular flexibility index (Phi) is 7.38. The van der Waals surface area contributed by atoms with Gasteiger partial charge in [-0.05, 0) is 66.7 Å². The first kappa shape index (κ1) is 24.1. The number of para-hydroxylation sites is 1. The molecule has 4 aromatic rings. The largest absolute Gasteiger partial charge is 0.378 e. The van der Waals surface area contributed by atoms with Crippen molar-refractivity contribution in [1.82, 2.24) is 14.8 Å². The third-order valence-corrected chi connectivity index (χ3v) is 7.34. The first-order valence-corrected chi connectivity index (χ1v) is 12.9. The van der Waals surface area contributed by atoms with E-state index < -0.39 is 0 Å². The number of benzene rings is 3. The number of nitrogens with one attached hydrogen (secondary N) is 1. The average Bonchev–Trinajstić information content (AvgIpc) is 3.25. The summed E-state index contributed by atoms with van der Waals surface area (Å²) in [5.41, 5.74) is 6.23. The molecule has 1 aliphatic heterocycles. The number of carbonyl (C=O) groups excluding carboxylic acids is 1. The van der Waals surface area contributed by atoms with Gasteiger partial charge in [-0.15, -0.1) is 0 Å². The fraction of sp³-hybridized carbons (Fsp3) is 0.323. The van der Waals surface area contributed by atoms with E-state index in [1.165, 1.54) is 27.8 Å². The summed E-state index contributed by atoms with van der Waals surface area (Å²) in [6, 6.07) is 30.0. The zero-order valence-electron chi connectivity index (χ0n) is 21.4. The molecule has 1 fully saturated rings. The average molecular weight is 481 g/mol. The summed E-state index contributed by atoms with van der Waals surface area (Å²) in [5, 5.41) is 4.45. The van der Waals surface area contributed by atoms with Crippen molar-refractivity contribution in [3.8, 4) is 0 Å². The molecule has 5 rings (SSSR count). The number of hydrogen-bond acceptors (Lipinski definition) is 3. The molecule has 1 N–H and O–H groups in total. The highest BCUT2D eigenvalue weighted by Gasteiger charge is 2.25. The third kappa shape index (κ3) is 5.63. The smallest absolute Gasteiger partial charge is 0.223 e. The van der Waals surface area contributed by atoms with Crippen molar-refractivity contribution in [2.45, 2.75) is 32.5 Å². The number of likely N-dealkylation sites (tertiary alicyclic amines) is 1. The first-order chi connectivity index (χ1) is 17.6. The van der Waals surface area contributed by atoms with Gasteiger partial charge in [-0.25, -0.2) is 0 Å². The number of aromatic nitrogens is 1. The molecule has 0 aliphatic carbocycles. The van der Waals surface area contributed by atoms with E-state index in [4.69, 9.17) is 0 Å². The number of carbonyl (C=O) groups is 1. The summed E-state index contributed by atoms with van der Waals surface area (Å²) in [7, 11) is 4.07. The maximum Gasteiger partial charge on any atom is 0.223 e. The molecule has 1 aliphatic rings. The SMILES string of the molecule is CN(C)c1ccc(CNC(=O)C2CCN(Cc3cc4ccccc4n3Cc3ccccc3)CC2)cc1. The summed E-state index contributed by atoms with van der Waals surface area (Å²) >= 11 is 0. The Morgan fingerprint density at radius 3 is 2.28 bits per heavy atom. The van der Waals surface area contributed by atoms with Crippen molar-refractivity contribution in [2.24, 2.45) is 5.92 Å². The van der Waals surface area contributed by atoms with Crippen molar-refractivity contribution in [3.05, 3.63) is 102 Å². The van der Waals surface area contributed by atoms with Gasteiger partial charge < -0.3 is 14.8 Å². The molecule has 1 amide bonds. The van der Waals surface area contributed by atoms with Crippen LogP contribution in [0, 0.1) is 5.92 Å². The Morgan fingerprint density at radius 2 is 1.56 bits per heavy atom. The molecule has 0 saturated carbocycles. The van der Waals surface area contributed by atoms with Crippen molar-refractivity contribution in [2.75, 3.05) is 32.1 Å². The molecule has 5 heteroatoms. The molecule has 36 heavy (non-hydrogen) atoms. The molecule has 0 unspecified atom stereocenters. The fourth-order valence-electron chi connectivity index (χ4n) is 5.18. The van der Waals surface area contributed by atoms with Gasteiger partial charge in [0.05, 0.1) is 0 Å². The van der Waals surface area contributed by atoms with Gasteiger partial charge in [0.2, 0.25) is 5.91 Å². The number of rotatable bonds is 8. The van der Waals surface area contributed by atoms with E-state index in [1.807, 2.05) is 14.1 Å². The van der Waals surface area contributed by atoms with Crippen LogP contribution >= 0.6 is 0 Å². The topological polar surface area (TPSA) is 40.5 Å². The van der Waals surface area contributed by atoms with Crippen LogP contribution in [0.1, 0.15) is 29.7 Å². The molecule has 0 spiro atoms. The maximum atomic E-state index is 12.8. The summed E-state index contributed by atoms with van der Waals surface area (Å²) in [6.07, 6.45) is 1.81. The van der Waals surface area contributed by atoms with Crippen molar-refractivity contribution in [3.63, 3.8) is 0 Å². The fourth-order valence-corrected chi connectivity index (χ4v) is 5.18. The summed E-state index contributed by atoms with van der Waals surface area (Å²) in [6.45, 7) is 4.27. The first-order valence-electron chi connectivity index (χ1n) is 12.9. The number of anilines is 1. The minimum absolute atomic E-state index is 0.0949. The van der Waals surface area contributed by atoms with Crippen molar-refractivity contribution >= 4 is 22.5 Å². The Bertz CT molecular complexity index is 1290. The van der Waals surface area contributed by atoms with Crippen LogP contribution in [-0.2, 0) is 24.4 Å². The second kappa shape index (κ2) is 11.0. The van der Waals surface area contributed by atoms with Crippen LogP contribution in [-0.4, -0.2) is 42.6 Å². The molecule has 5 nitrogen and oxygen atoms in total. The van der Waals surface area contributed by atoms with Gasteiger partial charge in [-0.2, -0.15) is 0 Å². The van der Waals surface area contributed by atoms with E-state index >= 15 is 0 Å². The Balaban J connectivity index is 1.18. The molecular weight excluding hydrogens is 444 g/mol. The van der Waals surface area contributed by atoms with Crippen LogP contribution in [0.25, 0.3) is 10.9 Å². The van der Waals surface area contributed by atoms with Crippen LogP contribution in [0.15, 0.2) is 84.9 Å². The lowest BCUT2D eigenvalue weighted by atomic mass is 9.95. The second-order valence-corrected chi connectivity index (χ2v) is 10.1. The normalized spacial score (nSPS) is 14.7. The minimum Gasteiger partial charge on any atom is -0.378 e. The Labute approximate surface area is 214 Å². The second-order valence-electron chi connectivity index (χ2n) is 10.1. The van der Waals surface area contributed by atoms with E-state index in [0.717, 1.165) is 44.6 Å². The maximum absolute atomic E-state index is 12.8. The molecule has 0 atom stereocenters. The lowest BCUT2D eigenvalue weighted by molar-refractivity contribution is -0.126. The van der Waals surface area contributed by atoms with E-state index in [-0.39, 0.29) is 11.8 Å². The van der Waals surface area contributed by atoms with Gasteiger partial charge in [-0.3, -0.25) is 9.69 Å². The van der Waals surface area contributed by atoms with E-state index in [1.54, 1.807) is 0 Å². The molecule has 1 aromatic heterocycles. The Morgan fingerprint density at radius 1 is 0.861 bits per heavy atom. The predicted molar refractivity (Wildman–Crippen MR) is 148 cm³/mol. The van der Waals surface area contributed by atoms with Crippen LogP contribution < -0.4 is 10.2 Å². The molecule has 0 bridgehead atoms. The number of fused-ring (bicyclic) bond motifs is 1. The number of hydrogen-bond donors (Lipinski definition) is 1. The molecule has 0 radical (unpaired) electrons. The van der Waals surface area contributed by atoms with Gasteiger partial charge in [0.25, 0.3) is 0 Å². The standard InChI is InChI=1S/C31H36N4O/c1-33(2)28-14-12-24(13-15-28)21-32-31(36)26-16-18-34(19-17-26)23-29-20-27-10-6-7-11-30(27)35(29)22-25-8-4-3-5-9-25/h3-15,20,26H,16-19,21-23H2,1-2H3,(H,32,36). The lowest BCUT2D eigenvalue weighted by Crippen LogP contribution is -2.40. The zero-order chi connectivity index (χ0) is 24.9. The highest BCUT2D eigenvalue weighted by molar-refractivity contribution is 5.81. The van der Waals surface area contributed by atoms with Crippen molar-refractivity contribution < 1.29 is 4.79 Å². The van der Waals surface area contributed by atoms with Gasteiger partial charge in [0.1, 0.15) is 0 Å². The van der Waals surface area contributed by atoms with Gasteiger partial charge in [-0.1, -0.05) is 60.7 Å². The predicted octanol–water partition coefficient (Wildman–Crippen LogP) is 5.28. The number of nitrogens with zero attached hydrogens (tertiary/aromatic N) is 3. The van der Waals surface area contributed by atoms with Gasteiger partial charge >= 0.3 is 0 Å². The minimum atomic E-state index is 0.0949. The highest BCUT2D eigenvalue weighted by Crippen LogP contribution is 2.25. The van der Waals surface area contributed by atoms with E-state index in [2.05, 4.69) is 105 Å². The molecule has 2 heterocycles. The van der Waals surface area contributed by atoms with E-state index in [9.17, 15) is 4.79 Å². The van der Waals surface area contributed by atoms with Crippen LogP contribution in [0.3, 0.4) is 0 Å². The van der Waals surface area contributed by atoms with Crippen LogP contribution in [0.2, 0.25) is 0 Å². The molecule has 186 valence electrons. The number of piperidine rings is 1. The zero-order valence-corrected chi connectivity index (χ0v) is 21.4. The Hall–Kier alpha value is -3.57. The van der Waals surface area contributed by atoms with Crippen LogP contribution in [0.5, 0.6) is 0 Å². The van der Waals surface area contributed by atoms with Gasteiger partial charge in [0, 0.05) is 56.5 Å². The molecule has 1 saturated heterocycles. The van der Waals surface area contributed by atoms with Crippen LogP contribution in [0.4, 0.5) is 5.69 Å². The quantitative estimate of drug-likeness (QED) is 0.373. The van der Waals surface area contributed by atoms with E-state index in [0.29, 0.717) is 6.54 Å². The van der Waals surface area contributed by atoms with Crippen molar-refractivity contribution in [1.29, 1.82) is 0 Å². The highest BCUT2D eigenvalue weighted by atomic mass is 16.1. The molecular formula is C31H36N4O. The lowest BCUT2D eigenvalue weighted by Gasteiger charge is -2.31. The molecule has 3 aromatic carbocycles. The number of amides is 1. The summed E-state index contributed by atoms with van der Waals surface area (Å²) in [4.78, 5) is 17.4. The summed E-state index contributed by atoms with van der Waals surface area (Å²) < 4.78 is 2.45. The third-order valence-electron chi connectivity index (χ3n) is 7.34.